The van der Waals surface area contributed by atoms with Gasteiger partial charge in [-0.2, -0.15) is 0 Å². The van der Waals surface area contributed by atoms with Gasteiger partial charge in [-0.15, -0.1) is 0 Å². The number of carbonyl (C=O) groups excluding carboxylic acids is 1. The van der Waals surface area contributed by atoms with Crippen LogP contribution in [0.4, 0.5) is 5.82 Å². The largest absolute Gasteiger partial charge is 0.369 e. The number of rotatable bonds is 9. The van der Waals surface area contributed by atoms with E-state index in [1.165, 1.54) is 12.8 Å². The van der Waals surface area contributed by atoms with E-state index in [1.54, 1.807) is 0 Å². The maximum Gasteiger partial charge on any atom is 0.220 e. The van der Waals surface area contributed by atoms with E-state index in [4.69, 9.17) is 10.7 Å². The van der Waals surface area contributed by atoms with Gasteiger partial charge in [0.25, 0.3) is 0 Å². The molecule has 0 bridgehead atoms. The molecule has 0 radical (unpaired) electrons. The van der Waals surface area contributed by atoms with E-state index in [9.17, 15) is 4.79 Å². The van der Waals surface area contributed by atoms with Crippen molar-refractivity contribution in [1.29, 1.82) is 0 Å². The number of pyridine rings is 1. The van der Waals surface area contributed by atoms with Gasteiger partial charge in [0, 0.05) is 43.9 Å². The molecule has 0 aliphatic carbocycles. The second-order valence-electron chi connectivity index (χ2n) is 6.98. The predicted molar refractivity (Wildman–Crippen MR) is 111 cm³/mol. The number of primary amides is 1. The third-order valence-corrected chi connectivity index (χ3v) is 4.89. The summed E-state index contributed by atoms with van der Waals surface area (Å²) >= 11 is 0. The van der Waals surface area contributed by atoms with Crippen LogP contribution in [0, 0.1) is 5.92 Å². The molecule has 1 aliphatic heterocycles. The number of anilines is 1. The Bertz CT molecular complexity index is 610. The van der Waals surface area contributed by atoms with E-state index in [0.29, 0.717) is 6.54 Å². The van der Waals surface area contributed by atoms with Gasteiger partial charge in [0.1, 0.15) is 5.82 Å². The molecular formula is C20H34N6O. The SMILES string of the molecule is CCCCCNC(=NCc1cccnc1N1CCC(C(N)=O)CC1)NCC. The Balaban J connectivity index is 2.00. The van der Waals surface area contributed by atoms with Crippen LogP contribution in [-0.2, 0) is 11.3 Å². The first-order valence-electron chi connectivity index (χ1n) is 10.2. The lowest BCUT2D eigenvalue weighted by Gasteiger charge is -2.32. The molecular weight excluding hydrogens is 340 g/mol. The zero-order valence-electron chi connectivity index (χ0n) is 16.7. The van der Waals surface area contributed by atoms with Crippen LogP contribution < -0.4 is 21.3 Å². The quantitative estimate of drug-likeness (QED) is 0.349. The van der Waals surface area contributed by atoms with Crippen LogP contribution in [0.1, 0.15) is 51.5 Å². The number of piperidine rings is 1. The number of hydrogen-bond acceptors (Lipinski definition) is 4. The Morgan fingerprint density at radius 3 is 2.74 bits per heavy atom. The zero-order valence-corrected chi connectivity index (χ0v) is 16.7. The van der Waals surface area contributed by atoms with E-state index in [1.807, 2.05) is 12.3 Å². The molecule has 2 heterocycles. The zero-order chi connectivity index (χ0) is 19.5. The van der Waals surface area contributed by atoms with Crippen LogP contribution in [0.15, 0.2) is 23.3 Å². The topological polar surface area (TPSA) is 95.6 Å². The van der Waals surface area contributed by atoms with E-state index < -0.39 is 0 Å². The van der Waals surface area contributed by atoms with Crippen molar-refractivity contribution in [2.24, 2.45) is 16.6 Å². The highest BCUT2D eigenvalue weighted by atomic mass is 16.1. The predicted octanol–water partition coefficient (Wildman–Crippen LogP) is 2.03. The highest BCUT2D eigenvalue weighted by molar-refractivity contribution is 5.79. The number of nitrogens with one attached hydrogen (secondary N) is 2. The summed E-state index contributed by atoms with van der Waals surface area (Å²) in [6, 6.07) is 4.03. The third kappa shape index (κ3) is 6.73. The Morgan fingerprint density at radius 1 is 1.30 bits per heavy atom. The van der Waals surface area contributed by atoms with Gasteiger partial charge in [-0.05, 0) is 32.3 Å². The summed E-state index contributed by atoms with van der Waals surface area (Å²) in [5, 5.41) is 6.70. The van der Waals surface area contributed by atoms with E-state index >= 15 is 0 Å². The molecule has 1 aromatic heterocycles. The monoisotopic (exact) mass is 374 g/mol. The fourth-order valence-electron chi connectivity index (χ4n) is 3.30. The van der Waals surface area contributed by atoms with Gasteiger partial charge in [-0.1, -0.05) is 25.8 Å². The van der Waals surface area contributed by atoms with E-state index in [-0.39, 0.29) is 11.8 Å². The van der Waals surface area contributed by atoms with Gasteiger partial charge in [-0.3, -0.25) is 4.79 Å². The summed E-state index contributed by atoms with van der Waals surface area (Å²) in [7, 11) is 0. The molecule has 1 aromatic rings. The molecule has 1 fully saturated rings. The summed E-state index contributed by atoms with van der Waals surface area (Å²) in [5.41, 5.74) is 6.54. The molecule has 150 valence electrons. The molecule has 0 spiro atoms. The first-order valence-corrected chi connectivity index (χ1v) is 10.2. The van der Waals surface area contributed by atoms with Crippen molar-refractivity contribution >= 4 is 17.7 Å². The molecule has 0 unspecified atom stereocenters. The van der Waals surface area contributed by atoms with Crippen molar-refractivity contribution in [3.05, 3.63) is 23.9 Å². The van der Waals surface area contributed by atoms with Crippen molar-refractivity contribution in [2.45, 2.75) is 52.5 Å². The molecule has 1 amide bonds. The first-order chi connectivity index (χ1) is 13.2. The minimum atomic E-state index is -0.190. The minimum Gasteiger partial charge on any atom is -0.369 e. The van der Waals surface area contributed by atoms with Gasteiger partial charge >= 0.3 is 0 Å². The fraction of sp³-hybridized carbons (Fsp3) is 0.650. The number of aromatic nitrogens is 1. The maximum atomic E-state index is 11.4. The lowest BCUT2D eigenvalue weighted by molar-refractivity contribution is -0.122. The Hall–Kier alpha value is -2.31. The minimum absolute atomic E-state index is 0.0147. The number of hydrogen-bond donors (Lipinski definition) is 3. The summed E-state index contributed by atoms with van der Waals surface area (Å²) in [6.45, 7) is 8.22. The van der Waals surface area contributed by atoms with Gasteiger partial charge < -0.3 is 21.3 Å². The molecule has 7 heteroatoms. The Labute approximate surface area is 162 Å². The summed E-state index contributed by atoms with van der Waals surface area (Å²) < 4.78 is 0. The van der Waals surface area contributed by atoms with Gasteiger partial charge in [0.15, 0.2) is 5.96 Å². The normalized spacial score (nSPS) is 15.6. The van der Waals surface area contributed by atoms with E-state index in [2.05, 4.69) is 40.4 Å². The number of carbonyl (C=O) groups is 1. The van der Waals surface area contributed by atoms with Crippen molar-refractivity contribution in [3.8, 4) is 0 Å². The molecule has 0 atom stereocenters. The molecule has 0 aromatic carbocycles. The second kappa shape index (κ2) is 11.4. The maximum absolute atomic E-state index is 11.4. The second-order valence-corrected chi connectivity index (χ2v) is 6.98. The molecule has 1 aliphatic rings. The average molecular weight is 375 g/mol. The van der Waals surface area contributed by atoms with Crippen molar-refractivity contribution in [2.75, 3.05) is 31.1 Å². The van der Waals surface area contributed by atoms with Crippen LogP contribution in [0.2, 0.25) is 0 Å². The molecule has 0 saturated carbocycles. The molecule has 7 nitrogen and oxygen atoms in total. The van der Waals surface area contributed by atoms with Gasteiger partial charge in [0.2, 0.25) is 5.91 Å². The summed E-state index contributed by atoms with van der Waals surface area (Å²) in [6.07, 6.45) is 6.97. The van der Waals surface area contributed by atoms with Gasteiger partial charge in [0.05, 0.1) is 6.54 Å². The Morgan fingerprint density at radius 2 is 2.07 bits per heavy atom. The Kier molecular flexibility index (Phi) is 8.87. The standard InChI is InChI=1S/C20H34N6O/c1-3-5-6-11-24-20(22-4-2)25-15-17-8-7-12-23-19(17)26-13-9-16(10-14-26)18(21)27/h7-8,12,16H,3-6,9-11,13-15H2,1-2H3,(H2,21,27)(H2,22,24,25). The van der Waals surface area contributed by atoms with Crippen LogP contribution in [0.25, 0.3) is 0 Å². The number of guanidine groups is 1. The summed E-state index contributed by atoms with van der Waals surface area (Å²) in [4.78, 5) is 22.9. The number of nitrogens with zero attached hydrogens (tertiary/aromatic N) is 3. The molecule has 4 N–H and O–H groups in total. The van der Waals surface area contributed by atoms with Crippen molar-refractivity contribution in [3.63, 3.8) is 0 Å². The van der Waals surface area contributed by atoms with Crippen molar-refractivity contribution < 1.29 is 4.79 Å². The molecule has 1 saturated heterocycles. The van der Waals surface area contributed by atoms with Crippen LogP contribution in [0.5, 0.6) is 0 Å². The number of amides is 1. The first kappa shape index (κ1) is 21.0. The smallest absolute Gasteiger partial charge is 0.220 e. The van der Waals surface area contributed by atoms with Gasteiger partial charge in [-0.25, -0.2) is 9.98 Å². The lowest BCUT2D eigenvalue weighted by atomic mass is 9.96. The highest BCUT2D eigenvalue weighted by Crippen LogP contribution is 2.24. The summed E-state index contributed by atoms with van der Waals surface area (Å²) in [5.74, 6) is 1.60. The number of nitrogens with two attached hydrogens (primary N) is 1. The average Bonchev–Trinajstić information content (AvgIpc) is 2.69. The number of aliphatic imine (C=N–C) groups is 1. The van der Waals surface area contributed by atoms with Crippen LogP contribution in [-0.4, -0.2) is 43.0 Å². The fourth-order valence-corrected chi connectivity index (χ4v) is 3.30. The molecule has 2 rings (SSSR count). The number of unbranched alkanes of at least 4 members (excludes halogenated alkanes) is 2. The third-order valence-electron chi connectivity index (χ3n) is 4.89. The van der Waals surface area contributed by atoms with Crippen LogP contribution >= 0.6 is 0 Å². The lowest BCUT2D eigenvalue weighted by Crippen LogP contribution is -2.39. The highest BCUT2D eigenvalue weighted by Gasteiger charge is 2.24. The van der Waals surface area contributed by atoms with Crippen LogP contribution in [0.3, 0.4) is 0 Å². The van der Waals surface area contributed by atoms with E-state index in [0.717, 1.165) is 62.8 Å². The van der Waals surface area contributed by atoms with Crippen molar-refractivity contribution in [1.82, 2.24) is 15.6 Å². The molecule has 27 heavy (non-hydrogen) atoms.